The average Bonchev–Trinajstić information content (AvgIpc) is 3.65. The van der Waals surface area contributed by atoms with E-state index >= 15 is 4.39 Å². The van der Waals surface area contributed by atoms with Gasteiger partial charge in [0, 0.05) is 17.7 Å². The number of nitriles is 1. The van der Waals surface area contributed by atoms with E-state index in [1.807, 2.05) is 0 Å². The summed E-state index contributed by atoms with van der Waals surface area (Å²) in [6.45, 7) is 2.53. The van der Waals surface area contributed by atoms with E-state index in [0.29, 0.717) is 47.5 Å². The first-order valence-corrected chi connectivity index (χ1v) is 12.2. The summed E-state index contributed by atoms with van der Waals surface area (Å²) < 4.78 is 51.7. The smallest absolute Gasteiger partial charge is 0.298 e. The summed E-state index contributed by atoms with van der Waals surface area (Å²) in [5.74, 6) is -3.83. The molecule has 1 atom stereocenters. The van der Waals surface area contributed by atoms with E-state index in [4.69, 9.17) is 4.74 Å². The molecule has 192 valence electrons. The average molecular weight is 510 g/mol. The van der Waals surface area contributed by atoms with Crippen molar-refractivity contribution in [2.24, 2.45) is 0 Å². The number of aryl methyl sites for hydroxylation is 2. The number of hydrogen-bond acceptors (Lipinski definition) is 6. The molecule has 1 aliphatic heterocycles. The SMILES string of the molecule is Cc1nc2c3cc(C4(C#N)CC4)c(=O)n(c3n1)CC/C=C\COCC(F)(F)c1cccc(c1F)[C@@H](C)N2. The van der Waals surface area contributed by atoms with Crippen LogP contribution < -0.4 is 10.9 Å². The zero-order chi connectivity index (χ0) is 26.4. The van der Waals surface area contributed by atoms with Crippen LogP contribution in [0.25, 0.3) is 11.0 Å². The number of allylic oxidation sites excluding steroid dienone is 1. The number of rotatable bonds is 1. The van der Waals surface area contributed by atoms with Crippen LogP contribution in [0.1, 0.15) is 54.7 Å². The first-order valence-electron chi connectivity index (χ1n) is 12.2. The lowest BCUT2D eigenvalue weighted by Crippen LogP contribution is -2.29. The fraction of sp³-hybridized carbons (Fsp3) is 0.407. The second-order valence-electron chi connectivity index (χ2n) is 9.62. The van der Waals surface area contributed by atoms with Gasteiger partial charge in [-0.3, -0.25) is 9.36 Å². The number of anilines is 1. The number of fused-ring (bicyclic) bond motifs is 2. The van der Waals surface area contributed by atoms with Crippen molar-refractivity contribution in [1.82, 2.24) is 14.5 Å². The summed E-state index contributed by atoms with van der Waals surface area (Å²) in [5, 5.41) is 13.5. The number of alkyl halides is 2. The van der Waals surface area contributed by atoms with Gasteiger partial charge in [0.25, 0.3) is 11.5 Å². The van der Waals surface area contributed by atoms with Crippen molar-refractivity contribution in [2.75, 3.05) is 18.5 Å². The van der Waals surface area contributed by atoms with Gasteiger partial charge in [0.15, 0.2) is 0 Å². The van der Waals surface area contributed by atoms with Gasteiger partial charge in [0.05, 0.1) is 35.1 Å². The van der Waals surface area contributed by atoms with Crippen LogP contribution in [0.15, 0.2) is 41.2 Å². The third kappa shape index (κ3) is 4.48. The second kappa shape index (κ2) is 9.30. The quantitative estimate of drug-likeness (QED) is 0.463. The number of nitrogens with one attached hydrogen (secondary N) is 1. The van der Waals surface area contributed by atoms with Gasteiger partial charge >= 0.3 is 0 Å². The highest BCUT2D eigenvalue weighted by Crippen LogP contribution is 2.47. The molecule has 1 saturated carbocycles. The predicted octanol–water partition coefficient (Wildman–Crippen LogP) is 5.04. The highest BCUT2D eigenvalue weighted by molar-refractivity contribution is 5.88. The molecule has 1 N–H and O–H groups in total. The van der Waals surface area contributed by atoms with Gasteiger partial charge in [-0.05, 0) is 45.2 Å². The Morgan fingerprint density at radius 1 is 1.22 bits per heavy atom. The summed E-state index contributed by atoms with van der Waals surface area (Å²) in [6.07, 6.45) is 4.90. The van der Waals surface area contributed by atoms with Gasteiger partial charge < -0.3 is 10.1 Å². The normalized spacial score (nSPS) is 21.6. The minimum Gasteiger partial charge on any atom is -0.371 e. The van der Waals surface area contributed by atoms with Gasteiger partial charge in [-0.2, -0.15) is 14.0 Å². The van der Waals surface area contributed by atoms with Crippen LogP contribution in [0.4, 0.5) is 19.0 Å². The fourth-order valence-corrected chi connectivity index (χ4v) is 4.75. The van der Waals surface area contributed by atoms with Crippen molar-refractivity contribution in [3.05, 3.63) is 75.1 Å². The molecule has 1 fully saturated rings. The molecule has 7 nitrogen and oxygen atoms in total. The molecule has 3 heterocycles. The minimum absolute atomic E-state index is 0.0371. The van der Waals surface area contributed by atoms with Gasteiger partial charge in [-0.25, -0.2) is 14.4 Å². The lowest BCUT2D eigenvalue weighted by molar-refractivity contribution is -0.0795. The zero-order valence-corrected chi connectivity index (χ0v) is 20.5. The topological polar surface area (TPSA) is 92.8 Å². The van der Waals surface area contributed by atoms with Crippen molar-refractivity contribution < 1.29 is 17.9 Å². The Balaban J connectivity index is 1.72. The number of benzene rings is 1. The van der Waals surface area contributed by atoms with E-state index in [1.165, 1.54) is 16.7 Å². The standard InChI is InChI=1S/C27H26F3N5O2/c1-16-18-7-6-8-20(22(18)28)27(29,30)15-37-12-5-3-4-11-35-24-19(23(32-16)33-17(2)34-24)13-21(25(35)36)26(14-31)9-10-26/h3,5-8,13,16H,4,9-12,15H2,1-2H3,(H,32,33,34)/b5-3-/t16-/m1/s1. The van der Waals surface area contributed by atoms with E-state index in [9.17, 15) is 18.8 Å². The van der Waals surface area contributed by atoms with Gasteiger partial charge in [0.2, 0.25) is 0 Å². The van der Waals surface area contributed by atoms with Crippen molar-refractivity contribution >= 4 is 16.9 Å². The Kier molecular flexibility index (Phi) is 6.28. The highest BCUT2D eigenvalue weighted by Gasteiger charge is 2.47. The van der Waals surface area contributed by atoms with Crippen LogP contribution in [0.2, 0.25) is 0 Å². The molecule has 0 amide bonds. The maximum absolute atomic E-state index is 15.4. The molecule has 6 bridgehead atoms. The summed E-state index contributed by atoms with van der Waals surface area (Å²) in [6, 6.07) is 7.07. The summed E-state index contributed by atoms with van der Waals surface area (Å²) >= 11 is 0. The molecular weight excluding hydrogens is 483 g/mol. The summed E-state index contributed by atoms with van der Waals surface area (Å²) in [4.78, 5) is 22.6. The largest absolute Gasteiger partial charge is 0.371 e. The minimum atomic E-state index is -3.52. The lowest BCUT2D eigenvalue weighted by Gasteiger charge is -2.22. The number of halogens is 3. The van der Waals surface area contributed by atoms with Crippen LogP contribution >= 0.6 is 0 Å². The van der Waals surface area contributed by atoms with Crippen molar-refractivity contribution in [3.8, 4) is 6.07 Å². The molecular formula is C27H26F3N5O2. The van der Waals surface area contributed by atoms with Crippen molar-refractivity contribution in [1.29, 1.82) is 5.26 Å². The third-order valence-electron chi connectivity index (χ3n) is 6.96. The van der Waals surface area contributed by atoms with Crippen LogP contribution in [0.3, 0.4) is 0 Å². The second-order valence-corrected chi connectivity index (χ2v) is 9.62. The first kappa shape index (κ1) is 25.0. The molecule has 3 aromatic rings. The molecule has 1 aromatic carbocycles. The van der Waals surface area contributed by atoms with E-state index in [1.54, 1.807) is 32.1 Å². The molecule has 5 rings (SSSR count). The van der Waals surface area contributed by atoms with E-state index < -0.39 is 35.4 Å². The molecule has 0 radical (unpaired) electrons. The maximum atomic E-state index is 15.4. The highest BCUT2D eigenvalue weighted by atomic mass is 19.3. The van der Waals surface area contributed by atoms with Gasteiger partial charge in [0.1, 0.15) is 29.7 Å². The third-order valence-corrected chi connectivity index (χ3v) is 6.96. The Labute approximate surface area is 211 Å². The molecule has 37 heavy (non-hydrogen) atoms. The Morgan fingerprint density at radius 2 is 2.00 bits per heavy atom. The van der Waals surface area contributed by atoms with E-state index in [-0.39, 0.29) is 24.3 Å². The molecule has 2 aromatic heterocycles. The van der Waals surface area contributed by atoms with Crippen LogP contribution in [0, 0.1) is 24.1 Å². The molecule has 2 aliphatic rings. The van der Waals surface area contributed by atoms with Crippen molar-refractivity contribution in [3.63, 3.8) is 0 Å². The summed E-state index contributed by atoms with van der Waals surface area (Å²) in [7, 11) is 0. The maximum Gasteiger partial charge on any atom is 0.298 e. The molecule has 0 spiro atoms. The van der Waals surface area contributed by atoms with Gasteiger partial charge in [-0.1, -0.05) is 24.3 Å². The van der Waals surface area contributed by atoms with E-state index in [0.717, 1.165) is 6.07 Å². The fourth-order valence-electron chi connectivity index (χ4n) is 4.75. The van der Waals surface area contributed by atoms with Crippen LogP contribution in [-0.4, -0.2) is 27.7 Å². The molecule has 0 saturated heterocycles. The van der Waals surface area contributed by atoms with Crippen LogP contribution in [-0.2, 0) is 22.6 Å². The number of aromatic nitrogens is 3. The number of ether oxygens (including phenoxy) is 1. The number of nitrogens with zero attached hydrogens (tertiary/aromatic N) is 4. The molecule has 10 heteroatoms. The predicted molar refractivity (Wildman–Crippen MR) is 132 cm³/mol. The molecule has 0 unspecified atom stereocenters. The number of pyridine rings is 1. The monoisotopic (exact) mass is 509 g/mol. The van der Waals surface area contributed by atoms with Crippen LogP contribution in [0.5, 0.6) is 0 Å². The lowest BCUT2D eigenvalue weighted by atomic mass is 9.97. The Morgan fingerprint density at radius 3 is 2.73 bits per heavy atom. The molecule has 1 aliphatic carbocycles. The summed E-state index contributed by atoms with van der Waals surface area (Å²) in [5.41, 5.74) is -1.07. The zero-order valence-electron chi connectivity index (χ0n) is 20.5. The Bertz CT molecular complexity index is 1500. The van der Waals surface area contributed by atoms with Gasteiger partial charge in [-0.15, -0.1) is 0 Å². The Hall–Kier alpha value is -3.71. The number of hydrogen-bond donors (Lipinski definition) is 1. The van der Waals surface area contributed by atoms with Crippen molar-refractivity contribution in [2.45, 2.75) is 57.0 Å². The first-order chi connectivity index (χ1) is 17.7. The van der Waals surface area contributed by atoms with E-state index in [2.05, 4.69) is 21.4 Å².